The molecule has 0 aromatic heterocycles. The summed E-state index contributed by atoms with van der Waals surface area (Å²) in [5.41, 5.74) is -1.22. The molecule has 0 aromatic carbocycles. The third kappa shape index (κ3) is 3.86. The topological polar surface area (TPSA) is 95.9 Å². The van der Waals surface area contributed by atoms with Gasteiger partial charge in [-0.15, -0.1) is 0 Å². The standard InChI is InChI=1S/C14H24N2O5/c1-9(2)8-10(11(17)21-4)15-13(20)16-7-5-6-14(16,3)12(18)19/h9-10H,5-8H2,1-4H3,(H,15,20)(H,18,19). The van der Waals surface area contributed by atoms with Crippen molar-refractivity contribution < 1.29 is 24.2 Å². The Balaban J connectivity index is 2.82. The molecule has 1 rings (SSSR count). The normalized spacial score (nSPS) is 23.0. The number of esters is 1. The van der Waals surface area contributed by atoms with E-state index in [1.54, 1.807) is 0 Å². The minimum atomic E-state index is -1.22. The Bertz CT molecular complexity index is 424. The van der Waals surface area contributed by atoms with Crippen molar-refractivity contribution in [2.24, 2.45) is 5.92 Å². The van der Waals surface area contributed by atoms with E-state index in [1.165, 1.54) is 18.9 Å². The molecule has 1 saturated heterocycles. The summed E-state index contributed by atoms with van der Waals surface area (Å²) in [5.74, 6) is -1.36. The van der Waals surface area contributed by atoms with Crippen LogP contribution in [0.3, 0.4) is 0 Å². The predicted octanol–water partition coefficient (Wildman–Crippen LogP) is 1.22. The van der Waals surface area contributed by atoms with Crippen LogP contribution in [0, 0.1) is 5.92 Å². The van der Waals surface area contributed by atoms with E-state index in [9.17, 15) is 19.5 Å². The van der Waals surface area contributed by atoms with E-state index < -0.39 is 29.6 Å². The van der Waals surface area contributed by atoms with Crippen LogP contribution in [0.2, 0.25) is 0 Å². The van der Waals surface area contributed by atoms with E-state index in [1.807, 2.05) is 13.8 Å². The van der Waals surface area contributed by atoms with Gasteiger partial charge in [-0.1, -0.05) is 13.8 Å². The second-order valence-electron chi connectivity index (χ2n) is 5.99. The largest absolute Gasteiger partial charge is 0.480 e. The lowest BCUT2D eigenvalue weighted by Crippen LogP contribution is -2.57. The highest BCUT2D eigenvalue weighted by molar-refractivity contribution is 5.89. The minimum Gasteiger partial charge on any atom is -0.480 e. The number of hydrogen-bond donors (Lipinski definition) is 2. The van der Waals surface area contributed by atoms with Crippen molar-refractivity contribution in [2.75, 3.05) is 13.7 Å². The Kier molecular flexibility index (Phi) is 5.57. The number of hydrogen-bond acceptors (Lipinski definition) is 4. The highest BCUT2D eigenvalue weighted by atomic mass is 16.5. The molecule has 120 valence electrons. The molecule has 7 heteroatoms. The first-order chi connectivity index (χ1) is 9.72. The molecule has 2 atom stereocenters. The molecule has 0 aromatic rings. The van der Waals surface area contributed by atoms with Gasteiger partial charge in [0.1, 0.15) is 11.6 Å². The van der Waals surface area contributed by atoms with E-state index in [0.717, 1.165) is 0 Å². The molecule has 2 N–H and O–H groups in total. The summed E-state index contributed by atoms with van der Waals surface area (Å²) >= 11 is 0. The molecule has 1 aliphatic heterocycles. The monoisotopic (exact) mass is 300 g/mol. The van der Waals surface area contributed by atoms with Crippen LogP contribution in [0.25, 0.3) is 0 Å². The Hall–Kier alpha value is -1.79. The number of carboxylic acids is 1. The molecular weight excluding hydrogens is 276 g/mol. The van der Waals surface area contributed by atoms with E-state index >= 15 is 0 Å². The Morgan fingerprint density at radius 2 is 2.00 bits per heavy atom. The number of amides is 2. The lowest BCUT2D eigenvalue weighted by molar-refractivity contribution is -0.147. The smallest absolute Gasteiger partial charge is 0.329 e. The van der Waals surface area contributed by atoms with Crippen molar-refractivity contribution in [2.45, 2.75) is 51.6 Å². The van der Waals surface area contributed by atoms with Crippen molar-refractivity contribution in [1.82, 2.24) is 10.2 Å². The van der Waals surface area contributed by atoms with Crippen molar-refractivity contribution in [3.8, 4) is 0 Å². The predicted molar refractivity (Wildman–Crippen MR) is 75.8 cm³/mol. The van der Waals surface area contributed by atoms with Gasteiger partial charge in [0, 0.05) is 6.54 Å². The van der Waals surface area contributed by atoms with Crippen LogP contribution in [-0.2, 0) is 14.3 Å². The first kappa shape index (κ1) is 17.3. The summed E-state index contributed by atoms with van der Waals surface area (Å²) in [5, 5.41) is 11.9. The molecule has 7 nitrogen and oxygen atoms in total. The van der Waals surface area contributed by atoms with Crippen LogP contribution in [0.15, 0.2) is 0 Å². The van der Waals surface area contributed by atoms with Gasteiger partial charge in [-0.3, -0.25) is 0 Å². The number of likely N-dealkylation sites (tertiary alicyclic amines) is 1. The first-order valence-corrected chi connectivity index (χ1v) is 7.11. The van der Waals surface area contributed by atoms with Crippen molar-refractivity contribution >= 4 is 18.0 Å². The zero-order valence-electron chi connectivity index (χ0n) is 13.0. The number of methoxy groups -OCH3 is 1. The maximum absolute atomic E-state index is 12.3. The zero-order valence-corrected chi connectivity index (χ0v) is 13.0. The fraction of sp³-hybridized carbons (Fsp3) is 0.786. The number of aliphatic carboxylic acids is 1. The molecule has 0 spiro atoms. The number of carbonyl (C=O) groups excluding carboxylic acids is 2. The lowest BCUT2D eigenvalue weighted by atomic mass is 9.99. The molecule has 0 bridgehead atoms. The molecule has 1 fully saturated rings. The maximum atomic E-state index is 12.3. The molecule has 2 unspecified atom stereocenters. The van der Waals surface area contributed by atoms with Gasteiger partial charge in [-0.25, -0.2) is 14.4 Å². The second kappa shape index (κ2) is 6.78. The summed E-state index contributed by atoms with van der Waals surface area (Å²) in [6.45, 7) is 5.75. The average molecular weight is 300 g/mol. The second-order valence-corrected chi connectivity index (χ2v) is 5.99. The quantitative estimate of drug-likeness (QED) is 0.744. The number of nitrogens with zero attached hydrogens (tertiary/aromatic N) is 1. The zero-order chi connectivity index (χ0) is 16.2. The van der Waals surface area contributed by atoms with Gasteiger partial charge in [0.2, 0.25) is 0 Å². The Morgan fingerprint density at radius 1 is 1.38 bits per heavy atom. The third-order valence-corrected chi connectivity index (χ3v) is 3.84. The Morgan fingerprint density at radius 3 is 2.48 bits per heavy atom. The van der Waals surface area contributed by atoms with Crippen molar-refractivity contribution in [3.63, 3.8) is 0 Å². The number of ether oxygens (including phenoxy) is 1. The molecule has 2 amide bonds. The van der Waals surface area contributed by atoms with E-state index in [4.69, 9.17) is 0 Å². The van der Waals surface area contributed by atoms with Crippen LogP contribution in [0.5, 0.6) is 0 Å². The number of urea groups is 1. The SMILES string of the molecule is COC(=O)C(CC(C)C)NC(=O)N1CCCC1(C)C(=O)O. The molecule has 21 heavy (non-hydrogen) atoms. The summed E-state index contributed by atoms with van der Waals surface area (Å²) in [6.07, 6.45) is 1.47. The average Bonchev–Trinajstić information content (AvgIpc) is 2.80. The maximum Gasteiger partial charge on any atom is 0.329 e. The van der Waals surface area contributed by atoms with Crippen LogP contribution in [0.4, 0.5) is 4.79 Å². The first-order valence-electron chi connectivity index (χ1n) is 7.11. The molecule has 0 aliphatic carbocycles. The van der Waals surface area contributed by atoms with Crippen molar-refractivity contribution in [3.05, 3.63) is 0 Å². The summed E-state index contributed by atoms with van der Waals surface area (Å²) in [7, 11) is 1.26. The number of nitrogens with one attached hydrogen (secondary N) is 1. The molecular formula is C14H24N2O5. The van der Waals surface area contributed by atoms with Gasteiger partial charge in [0.15, 0.2) is 0 Å². The molecule has 0 radical (unpaired) electrons. The van der Waals surface area contributed by atoms with Crippen LogP contribution in [-0.4, -0.2) is 53.2 Å². The number of carboxylic acid groups (broad SMARTS) is 1. The molecule has 1 aliphatic rings. The molecule has 1 heterocycles. The van der Waals surface area contributed by atoms with Gasteiger partial charge in [-0.2, -0.15) is 0 Å². The summed E-state index contributed by atoms with van der Waals surface area (Å²) in [4.78, 5) is 36.7. The fourth-order valence-electron chi connectivity index (χ4n) is 2.57. The highest BCUT2D eigenvalue weighted by Gasteiger charge is 2.46. The van der Waals surface area contributed by atoms with E-state index in [0.29, 0.717) is 25.8 Å². The molecule has 0 saturated carbocycles. The highest BCUT2D eigenvalue weighted by Crippen LogP contribution is 2.29. The van der Waals surface area contributed by atoms with Gasteiger partial charge >= 0.3 is 18.0 Å². The van der Waals surface area contributed by atoms with E-state index in [-0.39, 0.29) is 5.92 Å². The lowest BCUT2D eigenvalue weighted by Gasteiger charge is -2.32. The van der Waals surface area contributed by atoms with Gasteiger partial charge in [0.25, 0.3) is 0 Å². The minimum absolute atomic E-state index is 0.193. The number of rotatable bonds is 5. The van der Waals surface area contributed by atoms with Crippen LogP contribution in [0.1, 0.15) is 40.0 Å². The van der Waals surface area contributed by atoms with Gasteiger partial charge in [-0.05, 0) is 32.1 Å². The summed E-state index contributed by atoms with van der Waals surface area (Å²) in [6, 6.07) is -1.30. The van der Waals surface area contributed by atoms with E-state index in [2.05, 4.69) is 10.1 Å². The Labute approximate surface area is 124 Å². The van der Waals surface area contributed by atoms with Crippen LogP contribution < -0.4 is 5.32 Å². The van der Waals surface area contributed by atoms with Crippen LogP contribution >= 0.6 is 0 Å². The summed E-state index contributed by atoms with van der Waals surface area (Å²) < 4.78 is 4.69. The van der Waals surface area contributed by atoms with Crippen molar-refractivity contribution in [1.29, 1.82) is 0 Å². The fourth-order valence-corrected chi connectivity index (χ4v) is 2.57. The number of carbonyl (C=O) groups is 3. The third-order valence-electron chi connectivity index (χ3n) is 3.84. The van der Waals surface area contributed by atoms with Gasteiger partial charge in [0.05, 0.1) is 7.11 Å². The van der Waals surface area contributed by atoms with Gasteiger partial charge < -0.3 is 20.1 Å².